The predicted molar refractivity (Wildman–Crippen MR) is 78.0 cm³/mol. The molecule has 1 aliphatic heterocycles. The number of rotatable bonds is 5. The summed E-state index contributed by atoms with van der Waals surface area (Å²) in [6, 6.07) is 0.223. The number of hydrogen-bond donors (Lipinski definition) is 2. The van der Waals surface area contributed by atoms with Crippen LogP contribution in [0, 0.1) is 10.1 Å². The second kappa shape index (κ2) is 6.69. The maximum Gasteiger partial charge on any atom is 0.333 e. The molecule has 7 heteroatoms. The first kappa shape index (κ1) is 14.8. The van der Waals surface area contributed by atoms with Crippen molar-refractivity contribution in [2.75, 3.05) is 18.4 Å². The fraction of sp³-hybridized carbons (Fsp3) is 0.769. The lowest BCUT2D eigenvalue weighted by atomic mass is 10.1. The number of nitrogens with zero attached hydrogens (tertiary/aromatic N) is 3. The van der Waals surface area contributed by atoms with Crippen LogP contribution in [0.25, 0.3) is 0 Å². The van der Waals surface area contributed by atoms with E-state index in [1.165, 1.54) is 0 Å². The summed E-state index contributed by atoms with van der Waals surface area (Å²) in [5, 5.41) is 22.3. The molecule has 112 valence electrons. The van der Waals surface area contributed by atoms with E-state index in [-0.39, 0.29) is 16.7 Å². The van der Waals surface area contributed by atoms with Crippen molar-refractivity contribution in [3.63, 3.8) is 0 Å². The molecule has 20 heavy (non-hydrogen) atoms. The van der Waals surface area contributed by atoms with Crippen molar-refractivity contribution in [2.45, 2.75) is 45.1 Å². The first-order chi connectivity index (χ1) is 9.63. The van der Waals surface area contributed by atoms with Crippen molar-refractivity contribution in [2.24, 2.45) is 7.05 Å². The summed E-state index contributed by atoms with van der Waals surface area (Å²) in [6.45, 7) is 3.86. The highest BCUT2D eigenvalue weighted by Gasteiger charge is 2.27. The predicted octanol–water partition coefficient (Wildman–Crippen LogP) is 1.83. The number of hydrogen-bond acceptors (Lipinski definition) is 5. The topological polar surface area (TPSA) is 85.0 Å². The van der Waals surface area contributed by atoms with Crippen molar-refractivity contribution in [3.8, 4) is 0 Å². The van der Waals surface area contributed by atoms with E-state index < -0.39 is 0 Å². The monoisotopic (exact) mass is 281 g/mol. The Balaban J connectivity index is 2.22. The lowest BCUT2D eigenvalue weighted by Gasteiger charge is -2.17. The van der Waals surface area contributed by atoms with Crippen LogP contribution in [0.4, 0.5) is 11.5 Å². The molecule has 0 aliphatic carbocycles. The van der Waals surface area contributed by atoms with Gasteiger partial charge < -0.3 is 10.6 Å². The van der Waals surface area contributed by atoms with Gasteiger partial charge in [0, 0.05) is 19.6 Å². The third-order valence-electron chi connectivity index (χ3n) is 3.65. The Labute approximate surface area is 118 Å². The molecule has 1 unspecified atom stereocenters. The van der Waals surface area contributed by atoms with E-state index in [9.17, 15) is 10.1 Å². The maximum atomic E-state index is 11.3. The molecule has 0 bridgehead atoms. The maximum absolute atomic E-state index is 11.3. The van der Waals surface area contributed by atoms with Crippen LogP contribution >= 0.6 is 0 Å². The van der Waals surface area contributed by atoms with Crippen LogP contribution in [0.2, 0.25) is 0 Å². The van der Waals surface area contributed by atoms with Gasteiger partial charge in [-0.2, -0.15) is 5.10 Å². The molecule has 1 fully saturated rings. The van der Waals surface area contributed by atoms with E-state index in [1.807, 2.05) is 6.92 Å². The fourth-order valence-corrected chi connectivity index (χ4v) is 2.66. The van der Waals surface area contributed by atoms with Crippen LogP contribution in [0.3, 0.4) is 0 Å². The number of nitro groups is 1. The average Bonchev–Trinajstić information content (AvgIpc) is 2.58. The van der Waals surface area contributed by atoms with Crippen LogP contribution in [-0.2, 0) is 13.5 Å². The summed E-state index contributed by atoms with van der Waals surface area (Å²) >= 11 is 0. The van der Waals surface area contributed by atoms with Crippen LogP contribution in [-0.4, -0.2) is 33.8 Å². The van der Waals surface area contributed by atoms with E-state index in [2.05, 4.69) is 15.7 Å². The molecule has 2 rings (SSSR count). The zero-order valence-electron chi connectivity index (χ0n) is 12.2. The minimum atomic E-state index is -0.315. The van der Waals surface area contributed by atoms with Gasteiger partial charge in [0.2, 0.25) is 5.82 Å². The Morgan fingerprint density at radius 3 is 3.05 bits per heavy atom. The zero-order chi connectivity index (χ0) is 14.5. The molecule has 1 saturated heterocycles. The van der Waals surface area contributed by atoms with Crippen molar-refractivity contribution in [3.05, 3.63) is 15.8 Å². The summed E-state index contributed by atoms with van der Waals surface area (Å²) in [5.41, 5.74) is 0.711. The second-order valence-corrected chi connectivity index (χ2v) is 5.32. The molecule has 0 aromatic carbocycles. The smallest absolute Gasteiger partial charge is 0.333 e. The summed E-state index contributed by atoms with van der Waals surface area (Å²) in [6.07, 6.45) is 4.81. The van der Waals surface area contributed by atoms with Gasteiger partial charge in [-0.1, -0.05) is 19.8 Å². The molecule has 0 radical (unpaired) electrons. The first-order valence-electron chi connectivity index (χ1n) is 7.31. The Morgan fingerprint density at radius 2 is 2.35 bits per heavy atom. The summed E-state index contributed by atoms with van der Waals surface area (Å²) in [4.78, 5) is 11.0. The van der Waals surface area contributed by atoms with Crippen molar-refractivity contribution in [1.82, 2.24) is 15.1 Å². The number of aryl methyl sites for hydroxylation is 2. The number of aromatic nitrogens is 2. The number of nitrogens with one attached hydrogen (secondary N) is 2. The quantitative estimate of drug-likeness (QED) is 0.635. The Hall–Kier alpha value is -1.63. The van der Waals surface area contributed by atoms with E-state index in [1.54, 1.807) is 11.7 Å². The van der Waals surface area contributed by atoms with Gasteiger partial charge in [0.1, 0.15) is 5.69 Å². The number of anilines is 1. The molecule has 1 aromatic heterocycles. The van der Waals surface area contributed by atoms with E-state index >= 15 is 0 Å². The third kappa shape index (κ3) is 3.27. The van der Waals surface area contributed by atoms with E-state index in [0.717, 1.165) is 38.8 Å². The minimum Gasteiger partial charge on any atom is -0.361 e. The zero-order valence-corrected chi connectivity index (χ0v) is 12.2. The molecular formula is C13H23N5O2. The Bertz CT molecular complexity index is 464. The largest absolute Gasteiger partial charge is 0.361 e. The Morgan fingerprint density at radius 1 is 1.55 bits per heavy atom. The third-order valence-corrected chi connectivity index (χ3v) is 3.65. The molecule has 0 saturated carbocycles. The highest BCUT2D eigenvalue weighted by Crippen LogP contribution is 2.30. The van der Waals surface area contributed by atoms with E-state index in [0.29, 0.717) is 17.9 Å². The molecule has 0 spiro atoms. The normalized spacial score (nSPS) is 19.6. The molecule has 1 aliphatic rings. The van der Waals surface area contributed by atoms with Gasteiger partial charge in [0.25, 0.3) is 0 Å². The molecule has 0 amide bonds. The summed E-state index contributed by atoms with van der Waals surface area (Å²) in [5.74, 6) is 0.534. The second-order valence-electron chi connectivity index (χ2n) is 5.32. The summed E-state index contributed by atoms with van der Waals surface area (Å²) < 4.78 is 1.61. The minimum absolute atomic E-state index is 0.138. The average molecular weight is 281 g/mol. The van der Waals surface area contributed by atoms with Crippen LogP contribution < -0.4 is 10.6 Å². The van der Waals surface area contributed by atoms with Gasteiger partial charge in [-0.25, -0.2) is 4.68 Å². The van der Waals surface area contributed by atoms with Crippen molar-refractivity contribution >= 4 is 11.5 Å². The molecular weight excluding hydrogens is 258 g/mol. The van der Waals surface area contributed by atoms with Gasteiger partial charge >= 0.3 is 5.69 Å². The lowest BCUT2D eigenvalue weighted by molar-refractivity contribution is -0.384. The summed E-state index contributed by atoms with van der Waals surface area (Å²) in [7, 11) is 1.76. The van der Waals surface area contributed by atoms with E-state index in [4.69, 9.17) is 0 Å². The van der Waals surface area contributed by atoms with Crippen LogP contribution in [0.1, 0.15) is 38.3 Å². The van der Waals surface area contributed by atoms with Gasteiger partial charge in [-0.3, -0.25) is 10.1 Å². The van der Waals surface area contributed by atoms with Gasteiger partial charge in [-0.05, 0) is 25.8 Å². The van der Waals surface area contributed by atoms with Gasteiger partial charge in [-0.15, -0.1) is 0 Å². The van der Waals surface area contributed by atoms with Crippen molar-refractivity contribution < 1.29 is 4.92 Å². The standard InChI is InChI=1S/C13H23N5O2/c1-3-6-11-12(18(19)20)13(17(2)16-11)15-10-7-4-5-8-14-9-10/h10,14-15H,3-9H2,1-2H3. The molecule has 1 atom stereocenters. The van der Waals surface area contributed by atoms with Crippen LogP contribution in [0.5, 0.6) is 0 Å². The highest BCUT2D eigenvalue weighted by atomic mass is 16.6. The highest BCUT2D eigenvalue weighted by molar-refractivity contribution is 5.60. The van der Waals surface area contributed by atoms with Crippen LogP contribution in [0.15, 0.2) is 0 Å². The SMILES string of the molecule is CCCc1nn(C)c(NC2CCCCNC2)c1[N+](=O)[O-]. The lowest BCUT2D eigenvalue weighted by Crippen LogP contribution is -2.31. The first-order valence-corrected chi connectivity index (χ1v) is 7.31. The fourth-order valence-electron chi connectivity index (χ4n) is 2.66. The van der Waals surface area contributed by atoms with Gasteiger partial charge in [0.15, 0.2) is 0 Å². The molecule has 2 heterocycles. The molecule has 2 N–H and O–H groups in total. The molecule has 7 nitrogen and oxygen atoms in total. The van der Waals surface area contributed by atoms with Crippen molar-refractivity contribution in [1.29, 1.82) is 0 Å². The molecule has 1 aromatic rings. The Kier molecular flexibility index (Phi) is 4.94. The van der Waals surface area contributed by atoms with Gasteiger partial charge in [0.05, 0.1) is 4.92 Å².